The summed E-state index contributed by atoms with van der Waals surface area (Å²) in [4.78, 5) is 16.8. The van der Waals surface area contributed by atoms with Crippen molar-refractivity contribution >= 4 is 29.0 Å². The number of thioether (sulfide) groups is 1. The van der Waals surface area contributed by atoms with Crippen molar-refractivity contribution in [3.05, 3.63) is 36.4 Å². The zero-order valence-corrected chi connectivity index (χ0v) is 12.9. The number of rotatable bonds is 4. The number of anilines is 2. The molecule has 5 nitrogen and oxygen atoms in total. The Labute approximate surface area is 128 Å². The van der Waals surface area contributed by atoms with Gasteiger partial charge in [0.15, 0.2) is 0 Å². The highest BCUT2D eigenvalue weighted by Crippen LogP contribution is 2.33. The van der Waals surface area contributed by atoms with Gasteiger partial charge in [0.1, 0.15) is 0 Å². The van der Waals surface area contributed by atoms with E-state index >= 15 is 0 Å². The zero-order valence-electron chi connectivity index (χ0n) is 12.1. The molecule has 1 amide bonds. The number of nitrogens with one attached hydrogen (secondary N) is 2. The second-order valence-electron chi connectivity index (χ2n) is 5.29. The number of hydrogen-bond acceptors (Lipinski definition) is 4. The first-order valence-corrected chi connectivity index (χ1v) is 7.93. The standard InChI is InChI=1S/C15H18N4OS/c1-10(2)19-9-16-6-12(19)7-17-11-3-4-14-13(5-11)18-15(20)8-21-14/h3-6,9-10,17H,7-8H2,1-2H3,(H,18,20). The van der Waals surface area contributed by atoms with Crippen LogP contribution in [0.2, 0.25) is 0 Å². The van der Waals surface area contributed by atoms with E-state index in [1.165, 1.54) is 0 Å². The fraction of sp³-hybridized carbons (Fsp3) is 0.333. The molecular weight excluding hydrogens is 284 g/mol. The molecule has 2 heterocycles. The maximum atomic E-state index is 11.4. The van der Waals surface area contributed by atoms with Gasteiger partial charge in [0.25, 0.3) is 0 Å². The lowest BCUT2D eigenvalue weighted by Crippen LogP contribution is -2.18. The fourth-order valence-corrected chi connectivity index (χ4v) is 3.11. The molecule has 6 heteroatoms. The number of hydrogen-bond donors (Lipinski definition) is 2. The molecule has 1 aromatic heterocycles. The van der Waals surface area contributed by atoms with Gasteiger partial charge in [-0.3, -0.25) is 4.79 Å². The summed E-state index contributed by atoms with van der Waals surface area (Å²) in [6.07, 6.45) is 3.73. The molecule has 0 radical (unpaired) electrons. The first-order chi connectivity index (χ1) is 10.1. The minimum atomic E-state index is 0.0579. The van der Waals surface area contributed by atoms with Crippen LogP contribution in [-0.4, -0.2) is 21.2 Å². The van der Waals surface area contributed by atoms with Crippen molar-refractivity contribution in [2.45, 2.75) is 31.3 Å². The predicted molar refractivity (Wildman–Crippen MR) is 85.7 cm³/mol. The highest BCUT2D eigenvalue weighted by atomic mass is 32.2. The molecule has 2 N–H and O–H groups in total. The van der Waals surface area contributed by atoms with Gasteiger partial charge in [0, 0.05) is 22.8 Å². The summed E-state index contributed by atoms with van der Waals surface area (Å²) in [5.74, 6) is 0.551. The average molecular weight is 302 g/mol. The van der Waals surface area contributed by atoms with Gasteiger partial charge in [-0.25, -0.2) is 4.98 Å². The summed E-state index contributed by atoms with van der Waals surface area (Å²) in [5, 5.41) is 6.29. The van der Waals surface area contributed by atoms with Crippen LogP contribution in [0.1, 0.15) is 25.6 Å². The first kappa shape index (κ1) is 14.0. The van der Waals surface area contributed by atoms with Crippen molar-refractivity contribution < 1.29 is 4.79 Å². The number of aromatic nitrogens is 2. The molecule has 3 rings (SSSR count). The summed E-state index contributed by atoms with van der Waals surface area (Å²) in [5.41, 5.74) is 3.02. The number of benzene rings is 1. The molecule has 110 valence electrons. The molecule has 0 unspecified atom stereocenters. The Morgan fingerprint density at radius 2 is 2.33 bits per heavy atom. The van der Waals surface area contributed by atoms with Crippen LogP contribution in [0.4, 0.5) is 11.4 Å². The van der Waals surface area contributed by atoms with Crippen molar-refractivity contribution in [3.8, 4) is 0 Å². The Kier molecular flexibility index (Phi) is 3.88. The number of carbonyl (C=O) groups excluding carboxylic acids is 1. The zero-order chi connectivity index (χ0) is 14.8. The molecular formula is C15H18N4OS. The van der Waals surface area contributed by atoms with Gasteiger partial charge in [-0.2, -0.15) is 0 Å². The minimum Gasteiger partial charge on any atom is -0.379 e. The Hall–Kier alpha value is -1.95. The maximum Gasteiger partial charge on any atom is 0.234 e. The molecule has 1 aliphatic heterocycles. The lowest BCUT2D eigenvalue weighted by molar-refractivity contribution is -0.113. The van der Waals surface area contributed by atoms with Crippen molar-refractivity contribution in [2.24, 2.45) is 0 Å². The smallest absolute Gasteiger partial charge is 0.234 e. The van der Waals surface area contributed by atoms with Crippen LogP contribution in [-0.2, 0) is 11.3 Å². The van der Waals surface area contributed by atoms with Gasteiger partial charge < -0.3 is 15.2 Å². The van der Waals surface area contributed by atoms with Crippen LogP contribution in [0, 0.1) is 0 Å². The third kappa shape index (κ3) is 3.05. The quantitative estimate of drug-likeness (QED) is 0.911. The van der Waals surface area contributed by atoms with Crippen LogP contribution >= 0.6 is 11.8 Å². The van der Waals surface area contributed by atoms with E-state index in [-0.39, 0.29) is 5.91 Å². The molecule has 0 saturated carbocycles. The van der Waals surface area contributed by atoms with Crippen LogP contribution in [0.25, 0.3) is 0 Å². The summed E-state index contributed by atoms with van der Waals surface area (Å²) in [6.45, 7) is 4.98. The number of fused-ring (bicyclic) bond motifs is 1. The van der Waals surface area contributed by atoms with Crippen LogP contribution < -0.4 is 10.6 Å². The van der Waals surface area contributed by atoms with Gasteiger partial charge >= 0.3 is 0 Å². The monoisotopic (exact) mass is 302 g/mol. The average Bonchev–Trinajstić information content (AvgIpc) is 2.93. The van der Waals surface area contributed by atoms with Gasteiger partial charge in [-0.05, 0) is 32.0 Å². The molecule has 0 saturated heterocycles. The molecule has 1 aromatic carbocycles. The van der Waals surface area contributed by atoms with Gasteiger partial charge in [-0.15, -0.1) is 11.8 Å². The molecule has 0 aliphatic carbocycles. The number of nitrogens with zero attached hydrogens (tertiary/aromatic N) is 2. The van der Waals surface area contributed by atoms with E-state index in [1.807, 2.05) is 30.7 Å². The van der Waals surface area contributed by atoms with Gasteiger partial charge in [0.05, 0.1) is 30.0 Å². The minimum absolute atomic E-state index is 0.0579. The molecule has 1 aliphatic rings. The van der Waals surface area contributed by atoms with Crippen molar-refractivity contribution in [1.29, 1.82) is 0 Å². The third-order valence-electron chi connectivity index (χ3n) is 3.39. The maximum absolute atomic E-state index is 11.4. The summed E-state index contributed by atoms with van der Waals surface area (Å²) < 4.78 is 2.14. The first-order valence-electron chi connectivity index (χ1n) is 6.95. The van der Waals surface area contributed by atoms with E-state index in [0.29, 0.717) is 18.3 Å². The highest BCUT2D eigenvalue weighted by molar-refractivity contribution is 8.00. The number of imidazole rings is 1. The number of carbonyl (C=O) groups is 1. The topological polar surface area (TPSA) is 59.0 Å². The van der Waals surface area contributed by atoms with E-state index < -0.39 is 0 Å². The fourth-order valence-electron chi connectivity index (χ4n) is 2.32. The SMILES string of the molecule is CC(C)n1cncc1CNc1ccc2c(c1)NC(=O)CS2. The lowest BCUT2D eigenvalue weighted by Gasteiger charge is -2.18. The van der Waals surface area contributed by atoms with E-state index in [0.717, 1.165) is 22.0 Å². The summed E-state index contributed by atoms with van der Waals surface area (Å²) in [7, 11) is 0. The molecule has 0 atom stereocenters. The largest absolute Gasteiger partial charge is 0.379 e. The van der Waals surface area contributed by atoms with E-state index in [9.17, 15) is 4.79 Å². The Morgan fingerprint density at radius 1 is 1.48 bits per heavy atom. The lowest BCUT2D eigenvalue weighted by atomic mass is 10.2. The second-order valence-corrected chi connectivity index (χ2v) is 6.30. The molecule has 21 heavy (non-hydrogen) atoms. The van der Waals surface area contributed by atoms with Crippen molar-refractivity contribution in [3.63, 3.8) is 0 Å². The van der Waals surface area contributed by atoms with Crippen molar-refractivity contribution in [1.82, 2.24) is 9.55 Å². The van der Waals surface area contributed by atoms with Gasteiger partial charge in [-0.1, -0.05) is 0 Å². The second kappa shape index (κ2) is 5.81. The molecule has 0 bridgehead atoms. The molecule has 0 spiro atoms. The van der Waals surface area contributed by atoms with Crippen LogP contribution in [0.3, 0.4) is 0 Å². The van der Waals surface area contributed by atoms with Crippen molar-refractivity contribution in [2.75, 3.05) is 16.4 Å². The Balaban J connectivity index is 1.72. The third-order valence-corrected chi connectivity index (χ3v) is 4.46. The Morgan fingerprint density at radius 3 is 3.14 bits per heavy atom. The molecule has 0 fully saturated rings. The predicted octanol–water partition coefficient (Wildman–Crippen LogP) is 3.12. The summed E-state index contributed by atoms with van der Waals surface area (Å²) in [6, 6.07) is 6.46. The summed E-state index contributed by atoms with van der Waals surface area (Å²) >= 11 is 1.57. The highest BCUT2D eigenvalue weighted by Gasteiger charge is 2.15. The molecule has 2 aromatic rings. The van der Waals surface area contributed by atoms with E-state index in [1.54, 1.807) is 11.8 Å². The Bertz CT molecular complexity index is 665. The van der Waals surface area contributed by atoms with Gasteiger partial charge in [0.2, 0.25) is 5.91 Å². The number of amides is 1. The van der Waals surface area contributed by atoms with E-state index in [4.69, 9.17) is 0 Å². The van der Waals surface area contributed by atoms with Crippen LogP contribution in [0.15, 0.2) is 35.6 Å². The van der Waals surface area contributed by atoms with Crippen LogP contribution in [0.5, 0.6) is 0 Å². The van der Waals surface area contributed by atoms with E-state index in [2.05, 4.69) is 34.0 Å². The normalized spacial score (nSPS) is 14.0.